The Morgan fingerprint density at radius 1 is 0.706 bits per heavy atom. The van der Waals surface area contributed by atoms with Gasteiger partial charge in [-0.15, -0.1) is 0 Å². The van der Waals surface area contributed by atoms with Gasteiger partial charge in [0.2, 0.25) is 0 Å². The molecule has 1 aliphatic heterocycles. The van der Waals surface area contributed by atoms with Gasteiger partial charge in [0.15, 0.2) is 0 Å². The van der Waals surface area contributed by atoms with E-state index in [-0.39, 0.29) is 11.9 Å². The molecule has 1 unspecified atom stereocenters. The number of benzene rings is 1. The smallest absolute Gasteiger partial charge is 0.309 e. The van der Waals surface area contributed by atoms with Gasteiger partial charge in [-0.25, -0.2) is 0 Å². The van der Waals surface area contributed by atoms with Gasteiger partial charge in [0, 0.05) is 13.2 Å². The van der Waals surface area contributed by atoms with Crippen LogP contribution in [0.4, 0.5) is 0 Å². The highest BCUT2D eigenvalue weighted by Gasteiger charge is 2.19. The maximum atomic E-state index is 12.8. The van der Waals surface area contributed by atoms with Gasteiger partial charge in [-0.05, 0) is 76.8 Å². The minimum absolute atomic E-state index is 0.0212. The zero-order valence-electron chi connectivity index (χ0n) is 21.3. The molecule has 0 radical (unpaired) electrons. The normalized spacial score (nSPS) is 22.3. The molecule has 1 aromatic carbocycles. The second-order valence-corrected chi connectivity index (χ2v) is 9.41. The van der Waals surface area contributed by atoms with Crippen molar-refractivity contribution in [3.63, 3.8) is 0 Å². The highest BCUT2D eigenvalue weighted by atomic mass is 16.5. The molecule has 3 N–H and O–H groups in total. The molecule has 1 aromatic rings. The standard InChI is InChI=1S/C28H49N3O3/c32-28(34-25-26-13-5-4-6-14-26)27-15-7-2-1-3-9-17-29-19-11-20-30-21-12-23-33-24-22-31-18-10-8-16-27/h4-6,13-14,27,29-31H,1-3,7-12,15-25H2. The molecule has 0 bridgehead atoms. The van der Waals surface area contributed by atoms with Crippen LogP contribution in [0, 0.1) is 5.92 Å². The topological polar surface area (TPSA) is 71.6 Å². The molecule has 2 rings (SSSR count). The molecule has 1 fully saturated rings. The molecule has 1 aliphatic rings. The minimum Gasteiger partial charge on any atom is -0.461 e. The first kappa shape index (κ1) is 28.8. The lowest BCUT2D eigenvalue weighted by molar-refractivity contribution is -0.150. The summed E-state index contributed by atoms with van der Waals surface area (Å²) in [5.74, 6) is -0.00166. The average Bonchev–Trinajstić information content (AvgIpc) is 2.86. The number of carbonyl (C=O) groups excluding carboxylic acids is 1. The van der Waals surface area contributed by atoms with Gasteiger partial charge < -0.3 is 25.4 Å². The fraction of sp³-hybridized carbons (Fsp3) is 0.750. The van der Waals surface area contributed by atoms with E-state index in [0.717, 1.165) is 96.6 Å². The van der Waals surface area contributed by atoms with Gasteiger partial charge in [-0.1, -0.05) is 62.4 Å². The number of ether oxygens (including phenoxy) is 2. The van der Waals surface area contributed by atoms with Crippen LogP contribution in [0.1, 0.15) is 76.2 Å². The number of hydrogen-bond acceptors (Lipinski definition) is 6. The summed E-state index contributed by atoms with van der Waals surface area (Å²) >= 11 is 0. The first-order valence-electron chi connectivity index (χ1n) is 13.8. The highest BCUT2D eigenvalue weighted by molar-refractivity contribution is 5.72. The molecule has 34 heavy (non-hydrogen) atoms. The van der Waals surface area contributed by atoms with Crippen molar-refractivity contribution in [1.29, 1.82) is 0 Å². The summed E-state index contributed by atoms with van der Waals surface area (Å²) in [6, 6.07) is 9.98. The molecule has 0 aromatic heterocycles. The van der Waals surface area contributed by atoms with Crippen LogP contribution in [-0.2, 0) is 20.9 Å². The first-order chi connectivity index (χ1) is 16.9. The van der Waals surface area contributed by atoms with Crippen molar-refractivity contribution < 1.29 is 14.3 Å². The van der Waals surface area contributed by atoms with E-state index >= 15 is 0 Å². The van der Waals surface area contributed by atoms with Crippen LogP contribution in [0.25, 0.3) is 0 Å². The van der Waals surface area contributed by atoms with Crippen LogP contribution in [0.15, 0.2) is 30.3 Å². The van der Waals surface area contributed by atoms with Crippen LogP contribution in [0.5, 0.6) is 0 Å². The Kier molecular flexibility index (Phi) is 17.7. The average molecular weight is 476 g/mol. The summed E-state index contributed by atoms with van der Waals surface area (Å²) in [6.07, 6.45) is 12.3. The van der Waals surface area contributed by atoms with Crippen molar-refractivity contribution in [1.82, 2.24) is 16.0 Å². The van der Waals surface area contributed by atoms with Crippen LogP contribution >= 0.6 is 0 Å². The van der Waals surface area contributed by atoms with Crippen LogP contribution in [-0.4, -0.2) is 58.5 Å². The Labute approximate surface area is 207 Å². The monoisotopic (exact) mass is 475 g/mol. The largest absolute Gasteiger partial charge is 0.461 e. The first-order valence-corrected chi connectivity index (χ1v) is 13.8. The summed E-state index contributed by atoms with van der Waals surface area (Å²) in [7, 11) is 0. The Hall–Kier alpha value is -1.47. The second-order valence-electron chi connectivity index (χ2n) is 9.41. The van der Waals surface area contributed by atoms with Crippen molar-refractivity contribution in [3.05, 3.63) is 35.9 Å². The van der Waals surface area contributed by atoms with E-state index in [1.807, 2.05) is 30.3 Å². The molecule has 0 spiro atoms. The molecule has 0 amide bonds. The number of nitrogens with one attached hydrogen (secondary N) is 3. The maximum absolute atomic E-state index is 12.8. The van der Waals surface area contributed by atoms with E-state index in [1.54, 1.807) is 0 Å². The van der Waals surface area contributed by atoms with Crippen molar-refractivity contribution >= 4 is 5.97 Å². The molecule has 0 saturated carbocycles. The molecular formula is C28H49N3O3. The van der Waals surface area contributed by atoms with Crippen molar-refractivity contribution in [2.24, 2.45) is 5.92 Å². The number of rotatable bonds is 3. The molecule has 6 nitrogen and oxygen atoms in total. The fourth-order valence-corrected chi connectivity index (χ4v) is 4.30. The van der Waals surface area contributed by atoms with E-state index in [2.05, 4.69) is 16.0 Å². The molecule has 1 heterocycles. The Balaban J connectivity index is 1.71. The van der Waals surface area contributed by atoms with Crippen molar-refractivity contribution in [2.75, 3.05) is 52.5 Å². The fourth-order valence-electron chi connectivity index (χ4n) is 4.30. The third-order valence-corrected chi connectivity index (χ3v) is 6.39. The number of carbonyl (C=O) groups is 1. The minimum atomic E-state index is -0.0228. The van der Waals surface area contributed by atoms with Gasteiger partial charge in [0.25, 0.3) is 0 Å². The lowest BCUT2D eigenvalue weighted by Crippen LogP contribution is -2.24. The predicted octanol–water partition coefficient (Wildman–Crippen LogP) is 4.44. The van der Waals surface area contributed by atoms with Crippen LogP contribution < -0.4 is 16.0 Å². The van der Waals surface area contributed by atoms with E-state index < -0.39 is 0 Å². The van der Waals surface area contributed by atoms with Crippen LogP contribution in [0.3, 0.4) is 0 Å². The highest BCUT2D eigenvalue weighted by Crippen LogP contribution is 2.20. The SMILES string of the molecule is O=C(OCc1ccccc1)C1CCCCCCCNCCCNCCCOCCNCCCC1. The number of esters is 1. The van der Waals surface area contributed by atoms with Gasteiger partial charge in [0.05, 0.1) is 12.5 Å². The maximum Gasteiger partial charge on any atom is 0.309 e. The van der Waals surface area contributed by atoms with E-state index in [1.165, 1.54) is 32.1 Å². The van der Waals surface area contributed by atoms with E-state index in [9.17, 15) is 4.79 Å². The Morgan fingerprint density at radius 2 is 1.29 bits per heavy atom. The van der Waals surface area contributed by atoms with Crippen molar-refractivity contribution in [3.8, 4) is 0 Å². The summed E-state index contributed by atoms with van der Waals surface area (Å²) in [5.41, 5.74) is 1.05. The quantitative estimate of drug-likeness (QED) is 0.562. The summed E-state index contributed by atoms with van der Waals surface area (Å²) in [4.78, 5) is 12.8. The van der Waals surface area contributed by atoms with Crippen LogP contribution in [0.2, 0.25) is 0 Å². The third kappa shape index (κ3) is 15.4. The zero-order chi connectivity index (χ0) is 23.9. The lowest BCUT2D eigenvalue weighted by atomic mass is 9.95. The van der Waals surface area contributed by atoms with E-state index in [0.29, 0.717) is 6.61 Å². The van der Waals surface area contributed by atoms with Gasteiger partial charge in [-0.3, -0.25) is 4.79 Å². The lowest BCUT2D eigenvalue weighted by Gasteiger charge is -2.16. The predicted molar refractivity (Wildman–Crippen MR) is 140 cm³/mol. The summed E-state index contributed by atoms with van der Waals surface area (Å²) < 4.78 is 11.4. The van der Waals surface area contributed by atoms with Gasteiger partial charge in [-0.2, -0.15) is 0 Å². The molecule has 1 atom stereocenters. The Bertz CT molecular complexity index is 576. The molecule has 1 saturated heterocycles. The van der Waals surface area contributed by atoms with E-state index in [4.69, 9.17) is 9.47 Å². The summed E-state index contributed by atoms with van der Waals surface area (Å²) in [5, 5.41) is 10.5. The summed E-state index contributed by atoms with van der Waals surface area (Å²) in [6.45, 7) is 8.12. The molecule has 0 aliphatic carbocycles. The van der Waals surface area contributed by atoms with Crippen molar-refractivity contribution in [2.45, 2.75) is 77.2 Å². The molecule has 194 valence electrons. The zero-order valence-corrected chi connectivity index (χ0v) is 21.3. The van der Waals surface area contributed by atoms with Gasteiger partial charge in [0.1, 0.15) is 6.61 Å². The molecular weight excluding hydrogens is 426 g/mol. The van der Waals surface area contributed by atoms with Gasteiger partial charge >= 0.3 is 5.97 Å². The Morgan fingerprint density at radius 3 is 2.09 bits per heavy atom. The number of hydrogen-bond donors (Lipinski definition) is 3. The second kappa shape index (κ2) is 20.9. The molecule has 6 heteroatoms. The third-order valence-electron chi connectivity index (χ3n) is 6.39.